The highest BCUT2D eigenvalue weighted by molar-refractivity contribution is 9.10. The van der Waals surface area contributed by atoms with E-state index in [-0.39, 0.29) is 24.3 Å². The number of esters is 2. The van der Waals surface area contributed by atoms with Gasteiger partial charge in [-0.05, 0) is 75.5 Å². The summed E-state index contributed by atoms with van der Waals surface area (Å²) in [5.41, 5.74) is 4.63. The monoisotopic (exact) mass is 570 g/mol. The van der Waals surface area contributed by atoms with E-state index in [1.54, 1.807) is 19.1 Å². The molecular weight excluding hydrogens is 540 g/mol. The third kappa shape index (κ3) is 7.92. The Bertz CT molecular complexity index is 1040. The minimum absolute atomic E-state index is 0.106. The minimum atomic E-state index is -2.94. The maximum Gasteiger partial charge on any atom is 0.363 e. The molecule has 0 unspecified atom stereocenters. The topological polar surface area (TPSA) is 195 Å². The van der Waals surface area contributed by atoms with Crippen LogP contribution in [-0.2, 0) is 28.7 Å². The van der Waals surface area contributed by atoms with Gasteiger partial charge in [0.05, 0.1) is 11.3 Å². The van der Waals surface area contributed by atoms with E-state index in [1.807, 2.05) is 0 Å². The molecule has 4 N–H and O–H groups in total. The number of halogens is 1. The number of carbonyl (C=O) groups is 4. The minimum Gasteiger partial charge on any atom is -0.457 e. The number of aryl methyl sites for hydroxylation is 1. The van der Waals surface area contributed by atoms with Gasteiger partial charge in [-0.1, -0.05) is 17.2 Å². The molecule has 1 aromatic carbocycles. The molecule has 0 saturated carbocycles. The highest BCUT2D eigenvalue weighted by Gasteiger charge is 2.59. The number of amides is 2. The average Bonchev–Trinajstić information content (AvgIpc) is 2.71. The predicted molar refractivity (Wildman–Crippen MR) is 133 cm³/mol. The number of carbonyl (C=O) groups excluding carboxylic acids is 4. The quantitative estimate of drug-likeness (QED) is 0.0765. The van der Waals surface area contributed by atoms with Crippen molar-refractivity contribution in [3.05, 3.63) is 38.2 Å². The molecule has 0 bridgehead atoms. The highest BCUT2D eigenvalue weighted by atomic mass is 79.9. The van der Waals surface area contributed by atoms with E-state index in [2.05, 4.69) is 41.4 Å². The van der Waals surface area contributed by atoms with Gasteiger partial charge in [0.1, 0.15) is 11.2 Å². The second kappa shape index (κ2) is 12.2. The van der Waals surface area contributed by atoms with Gasteiger partial charge in [0.25, 0.3) is 11.8 Å². The maximum absolute atomic E-state index is 13.0. The van der Waals surface area contributed by atoms with Gasteiger partial charge >= 0.3 is 17.5 Å². The van der Waals surface area contributed by atoms with Crippen LogP contribution in [0.2, 0.25) is 0 Å². The summed E-state index contributed by atoms with van der Waals surface area (Å²) < 4.78 is 10.7. The van der Waals surface area contributed by atoms with Crippen LogP contribution in [0, 0.1) is 6.92 Å². The lowest BCUT2D eigenvalue weighted by Gasteiger charge is -2.32. The third-order valence-electron chi connectivity index (χ3n) is 4.27. The number of hydrogen-bond acceptors (Lipinski definition) is 9. The van der Waals surface area contributed by atoms with E-state index in [0.717, 1.165) is 0 Å². The SMILES string of the molecule is Cc1ccc(N=[N+]=[N-])c(Br)c1C(=O)NCCNC(=O)C(ON)(C(=O)OC(C)(C)C)C(=O)OC(C)(C)C. The van der Waals surface area contributed by atoms with Crippen LogP contribution in [0.4, 0.5) is 5.69 Å². The smallest absolute Gasteiger partial charge is 0.363 e. The molecule has 0 heterocycles. The Hall–Kier alpha value is -3.19. The van der Waals surface area contributed by atoms with Crippen molar-refractivity contribution in [3.8, 4) is 0 Å². The van der Waals surface area contributed by atoms with Crippen LogP contribution in [0.25, 0.3) is 10.4 Å². The van der Waals surface area contributed by atoms with Gasteiger partial charge in [0.2, 0.25) is 0 Å². The van der Waals surface area contributed by atoms with Gasteiger partial charge in [-0.2, -0.15) is 0 Å². The molecule has 0 saturated heterocycles. The first-order valence-corrected chi connectivity index (χ1v) is 11.5. The van der Waals surface area contributed by atoms with Crippen LogP contribution in [0.15, 0.2) is 21.7 Å². The number of ether oxygens (including phenoxy) is 2. The molecule has 0 aliphatic carbocycles. The van der Waals surface area contributed by atoms with E-state index in [9.17, 15) is 19.2 Å². The molecule has 1 rings (SSSR count). The van der Waals surface area contributed by atoms with Gasteiger partial charge < -0.3 is 20.1 Å². The maximum atomic E-state index is 13.0. The van der Waals surface area contributed by atoms with Crippen molar-refractivity contribution >= 4 is 45.4 Å². The molecule has 13 nitrogen and oxygen atoms in total. The molecule has 0 aliphatic heterocycles. The summed E-state index contributed by atoms with van der Waals surface area (Å²) in [6.07, 6.45) is 0. The van der Waals surface area contributed by atoms with Crippen molar-refractivity contribution in [2.75, 3.05) is 13.1 Å². The fourth-order valence-electron chi connectivity index (χ4n) is 2.75. The molecule has 14 heteroatoms. The summed E-state index contributed by atoms with van der Waals surface area (Å²) in [6.45, 7) is 10.6. The molecule has 0 fully saturated rings. The summed E-state index contributed by atoms with van der Waals surface area (Å²) in [5.74, 6) is 0.805. The molecule has 36 heavy (non-hydrogen) atoms. The van der Waals surface area contributed by atoms with E-state index < -0.39 is 40.6 Å². The summed E-state index contributed by atoms with van der Waals surface area (Å²) in [4.78, 5) is 58.8. The number of azide groups is 1. The normalized spacial score (nSPS) is 11.7. The summed E-state index contributed by atoms with van der Waals surface area (Å²) in [6, 6.07) is 3.16. The molecule has 0 radical (unpaired) electrons. The van der Waals surface area contributed by atoms with Gasteiger partial charge in [-0.25, -0.2) is 15.5 Å². The summed E-state index contributed by atoms with van der Waals surface area (Å²) in [7, 11) is 0. The van der Waals surface area contributed by atoms with Crippen LogP contribution in [0.5, 0.6) is 0 Å². The molecular formula is C22H31BrN6O7. The molecule has 0 aromatic heterocycles. The highest BCUT2D eigenvalue weighted by Crippen LogP contribution is 2.31. The first-order chi connectivity index (χ1) is 16.5. The lowest BCUT2D eigenvalue weighted by atomic mass is 10.0. The van der Waals surface area contributed by atoms with Crippen molar-refractivity contribution in [3.63, 3.8) is 0 Å². The van der Waals surface area contributed by atoms with Gasteiger partial charge in [0, 0.05) is 22.5 Å². The number of nitrogens with zero attached hydrogens (tertiary/aromatic N) is 3. The van der Waals surface area contributed by atoms with Gasteiger partial charge in [0.15, 0.2) is 0 Å². The lowest BCUT2D eigenvalue weighted by molar-refractivity contribution is -0.204. The fourth-order valence-corrected chi connectivity index (χ4v) is 3.45. The third-order valence-corrected chi connectivity index (χ3v) is 5.08. The van der Waals surface area contributed by atoms with Crippen LogP contribution in [-0.4, -0.2) is 53.6 Å². The first-order valence-electron chi connectivity index (χ1n) is 10.8. The molecule has 2 amide bonds. The second-order valence-electron chi connectivity index (χ2n) is 9.59. The van der Waals surface area contributed by atoms with Crippen molar-refractivity contribution in [1.82, 2.24) is 10.6 Å². The predicted octanol–water partition coefficient (Wildman–Crippen LogP) is 2.86. The zero-order valence-electron chi connectivity index (χ0n) is 21.2. The second-order valence-corrected chi connectivity index (χ2v) is 10.4. The van der Waals surface area contributed by atoms with Gasteiger partial charge in [-0.3, -0.25) is 14.4 Å². The molecule has 0 atom stereocenters. The van der Waals surface area contributed by atoms with Crippen molar-refractivity contribution in [1.29, 1.82) is 0 Å². The summed E-state index contributed by atoms with van der Waals surface area (Å²) in [5, 5.41) is 8.44. The fraction of sp³-hybridized carbons (Fsp3) is 0.545. The number of nitrogens with one attached hydrogen (secondary N) is 2. The number of nitrogens with two attached hydrogens (primary N) is 1. The lowest BCUT2D eigenvalue weighted by Crippen LogP contribution is -2.64. The average molecular weight is 571 g/mol. The van der Waals surface area contributed by atoms with Crippen molar-refractivity contribution in [2.24, 2.45) is 11.0 Å². The largest absolute Gasteiger partial charge is 0.457 e. The van der Waals surface area contributed by atoms with E-state index in [4.69, 9.17) is 20.9 Å². The first kappa shape index (κ1) is 30.8. The Balaban J connectivity index is 3.05. The molecule has 1 aromatic rings. The van der Waals surface area contributed by atoms with Crippen molar-refractivity contribution < 1.29 is 33.5 Å². The van der Waals surface area contributed by atoms with Crippen LogP contribution in [0.3, 0.4) is 0 Å². The molecule has 0 aliphatic rings. The number of benzene rings is 1. The van der Waals surface area contributed by atoms with Crippen LogP contribution in [0.1, 0.15) is 57.5 Å². The zero-order chi connectivity index (χ0) is 27.9. The number of rotatable bonds is 9. The van der Waals surface area contributed by atoms with E-state index >= 15 is 0 Å². The van der Waals surface area contributed by atoms with Gasteiger partial charge in [-0.15, -0.1) is 0 Å². The van der Waals surface area contributed by atoms with E-state index in [0.29, 0.717) is 10.0 Å². The van der Waals surface area contributed by atoms with Crippen LogP contribution < -0.4 is 16.5 Å². The Morgan fingerprint density at radius 3 is 1.94 bits per heavy atom. The molecule has 198 valence electrons. The van der Waals surface area contributed by atoms with Crippen molar-refractivity contribution in [2.45, 2.75) is 65.3 Å². The molecule has 0 spiro atoms. The Morgan fingerprint density at radius 2 is 1.50 bits per heavy atom. The zero-order valence-corrected chi connectivity index (χ0v) is 22.8. The standard InChI is InChI=1S/C22H31BrN6O7/c1-12-8-9-13(28-29-24)15(23)14(12)16(30)26-10-11-27-17(31)22(36-25,18(32)34-20(2,3)4)19(33)35-21(5,6)7/h8-9H,10-11,25H2,1-7H3,(H,26,30)(H,27,31). The Labute approximate surface area is 217 Å². The summed E-state index contributed by atoms with van der Waals surface area (Å²) >= 11 is 3.25. The van der Waals surface area contributed by atoms with Crippen LogP contribution >= 0.6 is 15.9 Å². The Kier molecular flexibility index (Phi) is 10.4. The number of hydrogen-bond donors (Lipinski definition) is 3. The Morgan fingerprint density at radius 1 is 1.00 bits per heavy atom. The van der Waals surface area contributed by atoms with E-state index in [1.165, 1.54) is 41.5 Å².